The van der Waals surface area contributed by atoms with Crippen LogP contribution < -0.4 is 0 Å². The van der Waals surface area contributed by atoms with E-state index in [9.17, 15) is 0 Å². The Morgan fingerprint density at radius 3 is 2.42 bits per heavy atom. The first kappa shape index (κ1) is 24.6. The van der Waals surface area contributed by atoms with Crippen molar-refractivity contribution < 1.29 is 0 Å². The molecular weight excluding hydrogens is 482 g/mol. The van der Waals surface area contributed by atoms with Gasteiger partial charge in [0.2, 0.25) is 0 Å². The molecular formula is C31H30ClN3S. The molecule has 0 aliphatic heterocycles. The highest BCUT2D eigenvalue weighted by Gasteiger charge is 2.33. The van der Waals surface area contributed by atoms with E-state index in [-0.39, 0.29) is 0 Å². The van der Waals surface area contributed by atoms with Crippen molar-refractivity contribution in [3.8, 4) is 0 Å². The maximum absolute atomic E-state index is 7.20. The number of halogens is 1. The monoisotopic (exact) mass is 511 g/mol. The number of aromatic nitrogens is 3. The Bertz CT molecular complexity index is 1460. The van der Waals surface area contributed by atoms with Gasteiger partial charge in [0.25, 0.3) is 0 Å². The molecule has 3 nitrogen and oxygen atoms in total. The molecule has 0 radical (unpaired) electrons. The Balaban J connectivity index is 1.69. The Morgan fingerprint density at radius 2 is 1.75 bits per heavy atom. The van der Waals surface area contributed by atoms with Crippen LogP contribution in [0.15, 0.2) is 78.6 Å². The second kappa shape index (κ2) is 10.5. The highest BCUT2D eigenvalue weighted by atomic mass is 35.5. The zero-order chi connectivity index (χ0) is 25.1. The van der Waals surface area contributed by atoms with Gasteiger partial charge in [0, 0.05) is 40.5 Å². The first-order valence-corrected chi connectivity index (χ1v) is 13.8. The van der Waals surface area contributed by atoms with E-state index in [1.54, 1.807) is 11.3 Å². The molecule has 182 valence electrons. The molecule has 0 saturated carbocycles. The van der Waals surface area contributed by atoms with Crippen molar-refractivity contribution in [1.82, 2.24) is 15.0 Å². The molecule has 0 aliphatic rings. The maximum atomic E-state index is 7.20. The summed E-state index contributed by atoms with van der Waals surface area (Å²) in [5, 5.41) is 1.80. The molecule has 0 saturated heterocycles. The van der Waals surface area contributed by atoms with E-state index in [0.717, 1.165) is 69.7 Å². The van der Waals surface area contributed by atoms with Crippen LogP contribution in [0.25, 0.3) is 10.9 Å². The number of thiazole rings is 1. The molecule has 0 bridgehead atoms. The van der Waals surface area contributed by atoms with Crippen molar-refractivity contribution in [2.24, 2.45) is 0 Å². The largest absolute Gasteiger partial charge is 0.261 e. The topological polar surface area (TPSA) is 38.7 Å². The average molecular weight is 512 g/mol. The van der Waals surface area contributed by atoms with Gasteiger partial charge in [0.15, 0.2) is 0 Å². The summed E-state index contributed by atoms with van der Waals surface area (Å²) >= 11 is 8.87. The van der Waals surface area contributed by atoms with Crippen LogP contribution in [0.1, 0.15) is 65.7 Å². The fourth-order valence-corrected chi connectivity index (χ4v) is 6.04. The molecule has 0 aliphatic carbocycles. The van der Waals surface area contributed by atoms with Gasteiger partial charge >= 0.3 is 0 Å². The highest BCUT2D eigenvalue weighted by Crippen LogP contribution is 2.42. The summed E-state index contributed by atoms with van der Waals surface area (Å²) in [6, 6.07) is 21.4. The van der Waals surface area contributed by atoms with Crippen molar-refractivity contribution in [1.29, 1.82) is 0 Å². The molecule has 3 aromatic heterocycles. The Kier molecular flexibility index (Phi) is 7.17. The summed E-state index contributed by atoms with van der Waals surface area (Å²) in [5.41, 5.74) is 9.28. The van der Waals surface area contributed by atoms with E-state index < -0.39 is 5.41 Å². The van der Waals surface area contributed by atoms with Crippen LogP contribution in [0.4, 0.5) is 0 Å². The van der Waals surface area contributed by atoms with Crippen molar-refractivity contribution >= 4 is 33.8 Å². The normalized spacial score (nSPS) is 13.1. The molecule has 0 N–H and O–H groups in total. The lowest BCUT2D eigenvalue weighted by molar-refractivity contribution is 0.701. The van der Waals surface area contributed by atoms with Crippen LogP contribution in [0.5, 0.6) is 0 Å². The van der Waals surface area contributed by atoms with E-state index in [2.05, 4.69) is 80.4 Å². The first-order chi connectivity index (χ1) is 17.5. The average Bonchev–Trinajstić information content (AvgIpc) is 3.47. The predicted octanol–water partition coefficient (Wildman–Crippen LogP) is 8.20. The molecule has 5 heteroatoms. The summed E-state index contributed by atoms with van der Waals surface area (Å²) in [5.74, 6) is 0. The molecule has 2 aromatic carbocycles. The quantitative estimate of drug-likeness (QED) is 0.211. The summed E-state index contributed by atoms with van der Waals surface area (Å²) in [6.07, 6.45) is 7.60. The molecule has 0 spiro atoms. The van der Waals surface area contributed by atoms with E-state index in [4.69, 9.17) is 21.6 Å². The molecule has 1 unspecified atom stereocenters. The van der Waals surface area contributed by atoms with Crippen molar-refractivity contribution in [3.63, 3.8) is 0 Å². The minimum Gasteiger partial charge on any atom is -0.261 e. The van der Waals surface area contributed by atoms with E-state index >= 15 is 0 Å². The third kappa shape index (κ3) is 4.56. The lowest BCUT2D eigenvalue weighted by Crippen LogP contribution is -2.24. The van der Waals surface area contributed by atoms with Crippen molar-refractivity contribution in [2.45, 2.75) is 51.9 Å². The molecule has 1 atom stereocenters. The van der Waals surface area contributed by atoms with Gasteiger partial charge in [-0.2, -0.15) is 0 Å². The number of fused-ring (bicyclic) bond motifs is 1. The van der Waals surface area contributed by atoms with Gasteiger partial charge in [-0.15, -0.1) is 11.3 Å². The van der Waals surface area contributed by atoms with Crippen LogP contribution in [0.2, 0.25) is 5.02 Å². The van der Waals surface area contributed by atoms with Gasteiger partial charge in [0.1, 0.15) is 0 Å². The number of benzene rings is 2. The van der Waals surface area contributed by atoms with Gasteiger partial charge in [0.05, 0.1) is 21.5 Å². The minimum absolute atomic E-state index is 0.403. The molecule has 36 heavy (non-hydrogen) atoms. The summed E-state index contributed by atoms with van der Waals surface area (Å²) in [6.45, 7) is 6.57. The lowest BCUT2D eigenvalue weighted by atomic mass is 9.75. The molecule has 5 aromatic rings. The summed E-state index contributed by atoms with van der Waals surface area (Å²) in [4.78, 5) is 15.4. The van der Waals surface area contributed by atoms with Crippen LogP contribution in [0.3, 0.4) is 0 Å². The van der Waals surface area contributed by atoms with E-state index in [1.807, 2.05) is 24.0 Å². The zero-order valence-electron chi connectivity index (χ0n) is 21.0. The minimum atomic E-state index is -0.403. The van der Waals surface area contributed by atoms with Gasteiger partial charge in [-0.25, -0.2) is 0 Å². The Hall–Kier alpha value is -3.08. The van der Waals surface area contributed by atoms with E-state index in [1.165, 1.54) is 10.4 Å². The smallest absolute Gasteiger partial charge is 0.0794 e. The van der Waals surface area contributed by atoms with Crippen LogP contribution >= 0.6 is 22.9 Å². The van der Waals surface area contributed by atoms with Gasteiger partial charge < -0.3 is 0 Å². The number of nitrogens with zero attached hydrogens (tertiary/aromatic N) is 3. The maximum Gasteiger partial charge on any atom is 0.0794 e. The van der Waals surface area contributed by atoms with Crippen LogP contribution in [-0.4, -0.2) is 15.0 Å². The molecule has 5 rings (SSSR count). The number of aryl methyl sites for hydroxylation is 2. The van der Waals surface area contributed by atoms with Crippen LogP contribution in [0, 0.1) is 0 Å². The van der Waals surface area contributed by atoms with Crippen molar-refractivity contribution in [2.75, 3.05) is 0 Å². The van der Waals surface area contributed by atoms with Gasteiger partial charge in [-0.05, 0) is 60.2 Å². The Labute approximate surface area is 222 Å². The molecule has 0 amide bonds. The third-order valence-electron chi connectivity index (χ3n) is 7.08. The number of pyridine rings is 2. The number of hydrogen-bond donors (Lipinski definition) is 0. The number of rotatable bonds is 8. The third-order valence-corrected chi connectivity index (χ3v) is 8.51. The second-order valence-corrected chi connectivity index (χ2v) is 10.6. The zero-order valence-corrected chi connectivity index (χ0v) is 22.5. The van der Waals surface area contributed by atoms with Crippen molar-refractivity contribution in [3.05, 3.63) is 122 Å². The molecule has 0 fully saturated rings. The Morgan fingerprint density at radius 1 is 0.944 bits per heavy atom. The predicted molar refractivity (Wildman–Crippen MR) is 151 cm³/mol. The first-order valence-electron chi connectivity index (χ1n) is 12.5. The van der Waals surface area contributed by atoms with Gasteiger partial charge in [-0.3, -0.25) is 15.0 Å². The standard InChI is InChI=1S/C31H30ClN3S/c1-4-9-27-25(16-21-10-7-6-8-11-21)30(32)26-17-22(13-15-28(26)35-27)31(3,29-19-33-20-36-29)23-12-14-24(5-2)34-18-23/h6-8,10-15,17-20H,4-5,9,16H2,1-3H3. The fraction of sp³-hybridized carbons (Fsp3) is 0.258. The summed E-state index contributed by atoms with van der Waals surface area (Å²) in [7, 11) is 0. The lowest BCUT2D eigenvalue weighted by Gasteiger charge is -2.30. The molecule has 3 heterocycles. The highest BCUT2D eigenvalue weighted by molar-refractivity contribution is 7.09. The van der Waals surface area contributed by atoms with E-state index in [0.29, 0.717) is 0 Å². The number of hydrogen-bond acceptors (Lipinski definition) is 4. The summed E-state index contributed by atoms with van der Waals surface area (Å²) < 4.78 is 0. The SMILES string of the molecule is CCCc1nc2ccc(C(C)(c3ccc(CC)nc3)c3cncs3)cc2c(Cl)c1Cc1ccccc1. The van der Waals surface area contributed by atoms with Gasteiger partial charge in [-0.1, -0.05) is 74.3 Å². The fourth-order valence-electron chi connectivity index (χ4n) is 4.89. The second-order valence-electron chi connectivity index (χ2n) is 9.38. The van der Waals surface area contributed by atoms with Crippen LogP contribution in [-0.2, 0) is 24.7 Å².